The van der Waals surface area contributed by atoms with E-state index in [-0.39, 0.29) is 28.7 Å². The number of rotatable bonds is 5. The molecule has 4 nitrogen and oxygen atoms in total. The van der Waals surface area contributed by atoms with E-state index in [1.807, 2.05) is 37.3 Å². The molecule has 0 spiro atoms. The Morgan fingerprint density at radius 1 is 1.38 bits per heavy atom. The van der Waals surface area contributed by atoms with Crippen molar-refractivity contribution in [3.8, 4) is 0 Å². The van der Waals surface area contributed by atoms with Crippen LogP contribution in [0.25, 0.3) is 0 Å². The third-order valence-electron chi connectivity index (χ3n) is 3.89. The summed E-state index contributed by atoms with van der Waals surface area (Å²) in [5, 5.41) is 0.0689. The summed E-state index contributed by atoms with van der Waals surface area (Å²) in [6.07, 6.45) is 0.665. The van der Waals surface area contributed by atoms with Gasteiger partial charge in [-0.05, 0) is 18.9 Å². The Labute approximate surface area is 130 Å². The van der Waals surface area contributed by atoms with Crippen LogP contribution in [0.1, 0.15) is 24.9 Å². The van der Waals surface area contributed by atoms with Crippen LogP contribution in [0.3, 0.4) is 0 Å². The summed E-state index contributed by atoms with van der Waals surface area (Å²) in [5.41, 5.74) is 1.10. The van der Waals surface area contributed by atoms with Gasteiger partial charge in [-0.25, -0.2) is 8.42 Å². The lowest BCUT2D eigenvalue weighted by atomic mass is 10.1. The topological polar surface area (TPSA) is 54.5 Å². The van der Waals surface area contributed by atoms with Gasteiger partial charge in [0, 0.05) is 12.3 Å². The quantitative estimate of drug-likeness (QED) is 0.831. The molecule has 1 heterocycles. The molecule has 1 amide bonds. The van der Waals surface area contributed by atoms with Crippen LogP contribution in [0.2, 0.25) is 0 Å². The third-order valence-corrected chi connectivity index (χ3v) is 7.16. The Kier molecular flexibility index (Phi) is 5.32. The van der Waals surface area contributed by atoms with Crippen molar-refractivity contribution in [2.75, 3.05) is 24.3 Å². The summed E-state index contributed by atoms with van der Waals surface area (Å²) in [7, 11) is -1.07. The molecule has 1 aromatic rings. The molecule has 1 aromatic carbocycles. The fourth-order valence-corrected chi connectivity index (χ4v) is 5.92. The first-order valence-corrected chi connectivity index (χ1v) is 9.89. The van der Waals surface area contributed by atoms with Gasteiger partial charge in [-0.1, -0.05) is 30.3 Å². The van der Waals surface area contributed by atoms with Crippen molar-refractivity contribution in [1.82, 2.24) is 4.90 Å². The maximum atomic E-state index is 12.2. The zero-order valence-corrected chi connectivity index (χ0v) is 14.0. The van der Waals surface area contributed by atoms with Gasteiger partial charge < -0.3 is 4.90 Å². The molecule has 1 aliphatic heterocycles. The van der Waals surface area contributed by atoms with E-state index in [1.54, 1.807) is 11.9 Å². The minimum atomic E-state index is -2.87. The number of hydrogen-bond acceptors (Lipinski definition) is 4. The smallest absolute Gasteiger partial charge is 0.232 e. The Balaban J connectivity index is 1.86. The fraction of sp³-hybridized carbons (Fsp3) is 0.533. The van der Waals surface area contributed by atoms with Crippen molar-refractivity contribution >= 4 is 27.5 Å². The monoisotopic (exact) mass is 327 g/mol. The molecule has 0 aromatic heterocycles. The predicted molar refractivity (Wildman–Crippen MR) is 87.1 cm³/mol. The number of nitrogens with zero attached hydrogens (tertiary/aromatic N) is 1. The summed E-state index contributed by atoms with van der Waals surface area (Å²) in [6.45, 7) is 2.00. The van der Waals surface area contributed by atoms with Gasteiger partial charge in [-0.3, -0.25) is 4.79 Å². The first-order valence-electron chi connectivity index (χ1n) is 7.01. The highest BCUT2D eigenvalue weighted by molar-refractivity contribution is 8.02. The molecule has 1 saturated heterocycles. The molecule has 0 radical (unpaired) electrons. The molecule has 2 atom stereocenters. The van der Waals surface area contributed by atoms with Crippen LogP contribution in [0.4, 0.5) is 0 Å². The highest BCUT2D eigenvalue weighted by atomic mass is 32.2. The molecule has 2 rings (SSSR count). The minimum Gasteiger partial charge on any atom is -0.338 e. The van der Waals surface area contributed by atoms with Crippen LogP contribution in [-0.4, -0.2) is 48.8 Å². The van der Waals surface area contributed by atoms with Crippen molar-refractivity contribution in [1.29, 1.82) is 0 Å². The van der Waals surface area contributed by atoms with Crippen molar-refractivity contribution in [2.24, 2.45) is 0 Å². The average Bonchev–Trinajstić information content (AvgIpc) is 2.83. The van der Waals surface area contributed by atoms with Crippen LogP contribution in [-0.2, 0) is 14.6 Å². The van der Waals surface area contributed by atoms with Gasteiger partial charge in [0.15, 0.2) is 9.84 Å². The van der Waals surface area contributed by atoms with Crippen LogP contribution in [0.5, 0.6) is 0 Å². The third kappa shape index (κ3) is 4.48. The number of carbonyl (C=O) groups excluding carboxylic acids is 1. The predicted octanol–water partition coefficient (Wildman–Crippen LogP) is 2.13. The molecule has 116 valence electrons. The minimum absolute atomic E-state index is 0.0200. The van der Waals surface area contributed by atoms with Crippen LogP contribution in [0, 0.1) is 0 Å². The SMILES string of the molecule is C[C@@H](c1ccccc1)N(C)C(=O)CS[C@@H]1CCS(=O)(=O)C1. The van der Waals surface area contributed by atoms with Crippen LogP contribution < -0.4 is 0 Å². The average molecular weight is 327 g/mol. The van der Waals surface area contributed by atoms with E-state index >= 15 is 0 Å². The summed E-state index contributed by atoms with van der Waals surface area (Å²) >= 11 is 1.46. The molecule has 0 bridgehead atoms. The van der Waals surface area contributed by atoms with Gasteiger partial charge in [0.1, 0.15) is 0 Å². The maximum Gasteiger partial charge on any atom is 0.232 e. The summed E-state index contributed by atoms with van der Waals surface area (Å²) in [5.74, 6) is 0.854. The van der Waals surface area contributed by atoms with Gasteiger partial charge in [-0.15, -0.1) is 11.8 Å². The van der Waals surface area contributed by atoms with E-state index in [2.05, 4.69) is 0 Å². The fourth-order valence-electron chi connectivity index (χ4n) is 2.35. The lowest BCUT2D eigenvalue weighted by Gasteiger charge is -2.25. The lowest BCUT2D eigenvalue weighted by molar-refractivity contribution is -0.128. The molecule has 6 heteroatoms. The molecule has 0 aliphatic carbocycles. The molecule has 1 fully saturated rings. The molecule has 1 aliphatic rings. The highest BCUT2D eigenvalue weighted by Gasteiger charge is 2.29. The summed E-state index contributed by atoms with van der Waals surface area (Å²) in [4.78, 5) is 14.0. The lowest BCUT2D eigenvalue weighted by Crippen LogP contribution is -2.31. The number of amides is 1. The zero-order chi connectivity index (χ0) is 15.5. The zero-order valence-electron chi connectivity index (χ0n) is 12.4. The Bertz CT molecular complexity index is 586. The van der Waals surface area contributed by atoms with Crippen molar-refractivity contribution in [2.45, 2.75) is 24.6 Å². The molecular weight excluding hydrogens is 306 g/mol. The Morgan fingerprint density at radius 3 is 2.62 bits per heavy atom. The van der Waals surface area contributed by atoms with E-state index in [0.717, 1.165) is 5.56 Å². The standard InChI is InChI=1S/C15H21NO3S2/c1-12(13-6-4-3-5-7-13)16(2)15(17)10-20-14-8-9-21(18,19)11-14/h3-7,12,14H,8-11H2,1-2H3/t12-,14+/m0/s1. The number of hydrogen-bond donors (Lipinski definition) is 0. The van der Waals surface area contributed by atoms with Crippen molar-refractivity contribution < 1.29 is 13.2 Å². The molecule has 0 saturated carbocycles. The van der Waals surface area contributed by atoms with Crippen molar-refractivity contribution in [3.05, 3.63) is 35.9 Å². The molecular formula is C15H21NO3S2. The van der Waals surface area contributed by atoms with Crippen LogP contribution in [0.15, 0.2) is 30.3 Å². The van der Waals surface area contributed by atoms with Gasteiger partial charge in [0.05, 0.1) is 23.3 Å². The van der Waals surface area contributed by atoms with Crippen LogP contribution >= 0.6 is 11.8 Å². The Morgan fingerprint density at radius 2 is 2.05 bits per heavy atom. The normalized spacial score (nSPS) is 21.9. The second-order valence-electron chi connectivity index (χ2n) is 5.43. The van der Waals surface area contributed by atoms with E-state index in [9.17, 15) is 13.2 Å². The highest BCUT2D eigenvalue weighted by Crippen LogP contribution is 2.25. The van der Waals surface area contributed by atoms with Gasteiger partial charge >= 0.3 is 0 Å². The van der Waals surface area contributed by atoms with E-state index in [0.29, 0.717) is 12.2 Å². The number of carbonyl (C=O) groups is 1. The van der Waals surface area contributed by atoms with E-state index < -0.39 is 9.84 Å². The van der Waals surface area contributed by atoms with Gasteiger partial charge in [0.2, 0.25) is 5.91 Å². The molecule has 21 heavy (non-hydrogen) atoms. The largest absolute Gasteiger partial charge is 0.338 e. The van der Waals surface area contributed by atoms with E-state index in [1.165, 1.54) is 11.8 Å². The van der Waals surface area contributed by atoms with E-state index in [4.69, 9.17) is 0 Å². The number of thioether (sulfide) groups is 1. The first-order chi connectivity index (χ1) is 9.89. The Hall–Kier alpha value is -1.01. The van der Waals surface area contributed by atoms with Gasteiger partial charge in [-0.2, -0.15) is 0 Å². The molecule has 0 N–H and O–H groups in total. The molecule has 0 unspecified atom stereocenters. The second-order valence-corrected chi connectivity index (χ2v) is 8.94. The maximum absolute atomic E-state index is 12.2. The number of benzene rings is 1. The summed E-state index contributed by atoms with van der Waals surface area (Å²) < 4.78 is 22.8. The van der Waals surface area contributed by atoms with Gasteiger partial charge in [0.25, 0.3) is 0 Å². The first kappa shape index (κ1) is 16.4. The number of sulfone groups is 1. The van der Waals surface area contributed by atoms with Crippen molar-refractivity contribution in [3.63, 3.8) is 0 Å². The second kappa shape index (κ2) is 6.83. The summed E-state index contributed by atoms with van der Waals surface area (Å²) in [6, 6.07) is 9.90.